The molecule has 0 saturated carbocycles. The molecule has 1 aliphatic rings. The Hall–Kier alpha value is -4.21. The van der Waals surface area contributed by atoms with Gasteiger partial charge in [-0.15, -0.1) is 0 Å². The summed E-state index contributed by atoms with van der Waals surface area (Å²) >= 11 is 0. The Bertz CT molecular complexity index is 1390. The number of aryl methyl sites for hydroxylation is 1. The van der Waals surface area contributed by atoms with Crippen LogP contribution in [0, 0.1) is 12.7 Å². The van der Waals surface area contributed by atoms with Crippen LogP contribution >= 0.6 is 0 Å². The fourth-order valence-corrected chi connectivity index (χ4v) is 3.79. The number of carbonyl (C=O) groups excluding carboxylic acids is 1. The van der Waals surface area contributed by atoms with Gasteiger partial charge >= 0.3 is 0 Å². The smallest absolute Gasteiger partial charge is 0.268 e. The molecule has 10 heteroatoms. The molecular formula is C22H20FN7O2. The van der Waals surface area contributed by atoms with E-state index >= 15 is 0 Å². The quantitative estimate of drug-likeness (QED) is 0.531. The summed E-state index contributed by atoms with van der Waals surface area (Å²) in [7, 11) is 1.91. The number of halogens is 1. The first-order valence-corrected chi connectivity index (χ1v) is 9.94. The summed E-state index contributed by atoms with van der Waals surface area (Å²) in [5.41, 5.74) is 9.24. The molecule has 1 aliphatic heterocycles. The number of anilines is 1. The molecule has 0 saturated heterocycles. The maximum atomic E-state index is 13.4. The van der Waals surface area contributed by atoms with Gasteiger partial charge < -0.3 is 15.0 Å². The van der Waals surface area contributed by atoms with Crippen LogP contribution in [-0.4, -0.2) is 36.3 Å². The lowest BCUT2D eigenvalue weighted by Crippen LogP contribution is -2.34. The number of aromatic nitrogens is 5. The standard InChI is InChI=1S/C22H20FN7O2/c1-12-25-20(14-4-6-15(23)7-5-14)21(28(12)3)16-8-9-18-26-19(10-29(18)27-16)30-13(2)32-11-17(30)22(24)31/h4-11,13H,1-3H3,(H2,24,31). The summed E-state index contributed by atoms with van der Waals surface area (Å²) < 4.78 is 22.4. The van der Waals surface area contributed by atoms with Crippen LogP contribution in [-0.2, 0) is 16.6 Å². The number of imidazole rings is 2. The van der Waals surface area contributed by atoms with Crippen LogP contribution in [0.3, 0.4) is 0 Å². The zero-order chi connectivity index (χ0) is 22.6. The lowest BCUT2D eigenvalue weighted by molar-refractivity contribution is -0.114. The Kier molecular flexibility index (Phi) is 4.43. The van der Waals surface area contributed by atoms with E-state index in [-0.39, 0.29) is 11.5 Å². The Morgan fingerprint density at radius 2 is 1.91 bits per heavy atom. The average Bonchev–Trinajstić information content (AvgIpc) is 3.43. The molecule has 162 valence electrons. The first-order valence-electron chi connectivity index (χ1n) is 9.94. The van der Waals surface area contributed by atoms with Gasteiger partial charge in [0.05, 0.1) is 17.6 Å². The number of fused-ring (bicyclic) bond motifs is 1. The van der Waals surface area contributed by atoms with Crippen molar-refractivity contribution in [3.05, 3.63) is 66.2 Å². The Morgan fingerprint density at radius 1 is 1.16 bits per heavy atom. The highest BCUT2D eigenvalue weighted by Crippen LogP contribution is 2.32. The van der Waals surface area contributed by atoms with Crippen molar-refractivity contribution in [1.82, 2.24) is 24.1 Å². The fourth-order valence-electron chi connectivity index (χ4n) is 3.79. The molecule has 9 nitrogen and oxygen atoms in total. The fraction of sp³-hybridized carbons (Fsp3) is 0.182. The Balaban J connectivity index is 1.61. The second-order valence-electron chi connectivity index (χ2n) is 7.52. The molecule has 4 heterocycles. The van der Waals surface area contributed by atoms with Crippen LogP contribution in [0.4, 0.5) is 10.2 Å². The lowest BCUT2D eigenvalue weighted by atomic mass is 10.1. The van der Waals surface area contributed by atoms with E-state index in [1.807, 2.05) is 30.7 Å². The van der Waals surface area contributed by atoms with Crippen molar-refractivity contribution < 1.29 is 13.9 Å². The molecule has 0 aliphatic carbocycles. The number of nitrogens with zero attached hydrogens (tertiary/aromatic N) is 6. The van der Waals surface area contributed by atoms with E-state index in [4.69, 9.17) is 15.6 Å². The van der Waals surface area contributed by atoms with Gasteiger partial charge in [0.1, 0.15) is 29.3 Å². The second-order valence-corrected chi connectivity index (χ2v) is 7.52. The molecular weight excluding hydrogens is 413 g/mol. The number of hydrogen-bond donors (Lipinski definition) is 1. The molecule has 5 rings (SSSR count). The molecule has 2 N–H and O–H groups in total. The van der Waals surface area contributed by atoms with Crippen molar-refractivity contribution in [2.75, 3.05) is 4.90 Å². The minimum atomic E-state index is -0.602. The lowest BCUT2D eigenvalue weighted by Gasteiger charge is -2.20. The van der Waals surface area contributed by atoms with Gasteiger partial charge in [0.15, 0.2) is 17.7 Å². The molecule has 1 aromatic carbocycles. The van der Waals surface area contributed by atoms with E-state index in [1.165, 1.54) is 18.4 Å². The third-order valence-corrected chi connectivity index (χ3v) is 5.49. The first kappa shape index (κ1) is 19.7. The molecule has 0 spiro atoms. The number of primary amides is 1. The Labute approximate surface area is 182 Å². The molecule has 0 radical (unpaired) electrons. The van der Waals surface area contributed by atoms with Gasteiger partial charge in [0.25, 0.3) is 5.91 Å². The van der Waals surface area contributed by atoms with Crippen LogP contribution in [0.15, 0.2) is 54.6 Å². The van der Waals surface area contributed by atoms with Crippen molar-refractivity contribution in [3.8, 4) is 22.6 Å². The van der Waals surface area contributed by atoms with Gasteiger partial charge in [0, 0.05) is 12.6 Å². The number of hydrogen-bond acceptors (Lipinski definition) is 6. The zero-order valence-corrected chi connectivity index (χ0v) is 17.7. The number of ether oxygens (including phenoxy) is 1. The van der Waals surface area contributed by atoms with Crippen LogP contribution in [0.1, 0.15) is 12.7 Å². The monoisotopic (exact) mass is 433 g/mol. The summed E-state index contributed by atoms with van der Waals surface area (Å²) in [5.74, 6) is 0.378. The van der Waals surface area contributed by atoms with Gasteiger partial charge in [-0.05, 0) is 50.2 Å². The second kappa shape index (κ2) is 7.19. The minimum Gasteiger partial charge on any atom is -0.476 e. The third-order valence-electron chi connectivity index (χ3n) is 5.49. The molecule has 0 bridgehead atoms. The average molecular weight is 433 g/mol. The first-order chi connectivity index (χ1) is 15.3. The van der Waals surface area contributed by atoms with Gasteiger partial charge in [-0.1, -0.05) is 0 Å². The van der Waals surface area contributed by atoms with Crippen molar-refractivity contribution in [2.45, 2.75) is 20.1 Å². The van der Waals surface area contributed by atoms with Gasteiger partial charge in [0.2, 0.25) is 0 Å². The molecule has 3 aromatic heterocycles. The van der Waals surface area contributed by atoms with Crippen molar-refractivity contribution in [3.63, 3.8) is 0 Å². The summed E-state index contributed by atoms with van der Waals surface area (Å²) in [4.78, 5) is 22.6. The topological polar surface area (TPSA) is 104 Å². The van der Waals surface area contributed by atoms with Crippen LogP contribution < -0.4 is 10.6 Å². The Morgan fingerprint density at radius 3 is 2.62 bits per heavy atom. The normalized spacial score (nSPS) is 15.8. The summed E-state index contributed by atoms with van der Waals surface area (Å²) in [6.07, 6.45) is 2.62. The summed E-state index contributed by atoms with van der Waals surface area (Å²) in [5, 5.41) is 4.73. The van der Waals surface area contributed by atoms with E-state index in [0.717, 1.165) is 17.1 Å². The SMILES string of the molecule is Cc1nc(-c2ccc(F)cc2)c(-c2ccc3nc(N4C(C(N)=O)=COC4C)cn3n2)n1C. The highest BCUT2D eigenvalue weighted by atomic mass is 19.1. The highest BCUT2D eigenvalue weighted by molar-refractivity contribution is 5.96. The highest BCUT2D eigenvalue weighted by Gasteiger charge is 2.31. The largest absolute Gasteiger partial charge is 0.476 e. The summed E-state index contributed by atoms with van der Waals surface area (Å²) in [6, 6.07) is 9.89. The summed E-state index contributed by atoms with van der Waals surface area (Å²) in [6.45, 7) is 3.69. The number of benzene rings is 1. The van der Waals surface area contributed by atoms with E-state index in [1.54, 1.807) is 34.7 Å². The maximum Gasteiger partial charge on any atom is 0.268 e. The molecule has 1 amide bonds. The third kappa shape index (κ3) is 3.08. The number of amides is 1. The molecule has 0 fully saturated rings. The van der Waals surface area contributed by atoms with Crippen molar-refractivity contribution >= 4 is 17.4 Å². The maximum absolute atomic E-state index is 13.4. The molecule has 1 atom stereocenters. The molecule has 32 heavy (non-hydrogen) atoms. The van der Waals surface area contributed by atoms with Crippen LogP contribution in [0.5, 0.6) is 0 Å². The van der Waals surface area contributed by atoms with Gasteiger partial charge in [-0.3, -0.25) is 9.69 Å². The van der Waals surface area contributed by atoms with Gasteiger partial charge in [-0.2, -0.15) is 5.10 Å². The van der Waals surface area contributed by atoms with Crippen molar-refractivity contribution in [2.24, 2.45) is 12.8 Å². The van der Waals surface area contributed by atoms with Gasteiger partial charge in [-0.25, -0.2) is 18.9 Å². The predicted octanol–water partition coefficient (Wildman–Crippen LogP) is 2.75. The van der Waals surface area contributed by atoms with Crippen LogP contribution in [0.2, 0.25) is 0 Å². The van der Waals surface area contributed by atoms with E-state index < -0.39 is 12.1 Å². The number of carbonyl (C=O) groups is 1. The number of nitrogens with two attached hydrogens (primary N) is 1. The minimum absolute atomic E-state index is 0.224. The van der Waals surface area contributed by atoms with E-state index in [9.17, 15) is 9.18 Å². The molecule has 4 aromatic rings. The predicted molar refractivity (Wildman–Crippen MR) is 116 cm³/mol. The van der Waals surface area contributed by atoms with Crippen molar-refractivity contribution in [1.29, 1.82) is 0 Å². The zero-order valence-electron chi connectivity index (χ0n) is 17.7. The van der Waals surface area contributed by atoms with E-state index in [0.29, 0.717) is 22.9 Å². The number of rotatable bonds is 4. The molecule has 1 unspecified atom stereocenters. The van der Waals surface area contributed by atoms with Crippen LogP contribution in [0.25, 0.3) is 28.3 Å². The van der Waals surface area contributed by atoms with E-state index in [2.05, 4.69) is 9.97 Å².